The molecule has 1 amide bonds. The lowest BCUT2D eigenvalue weighted by Crippen LogP contribution is -2.22. The fraction of sp³-hybridized carbons (Fsp3) is 0.125. The maximum Gasteiger partial charge on any atom is 0.272 e. The molecule has 122 valence electrons. The van der Waals surface area contributed by atoms with E-state index in [1.807, 2.05) is 0 Å². The van der Waals surface area contributed by atoms with Gasteiger partial charge in [0.05, 0.1) is 9.83 Å². The van der Waals surface area contributed by atoms with Crippen molar-refractivity contribution in [2.24, 2.45) is 0 Å². The molecule has 8 heteroatoms. The van der Waals surface area contributed by atoms with Crippen LogP contribution in [-0.4, -0.2) is 27.1 Å². The van der Waals surface area contributed by atoms with Crippen molar-refractivity contribution in [1.82, 2.24) is 4.90 Å². The van der Waals surface area contributed by atoms with Gasteiger partial charge in [-0.1, -0.05) is 24.0 Å². The lowest BCUT2D eigenvalue weighted by molar-refractivity contribution is -0.385. The van der Waals surface area contributed by atoms with E-state index in [1.165, 1.54) is 22.7 Å². The average Bonchev–Trinajstić information content (AvgIpc) is 3.09. The summed E-state index contributed by atoms with van der Waals surface area (Å²) >= 11 is 6.31. The Morgan fingerprint density at radius 3 is 2.67 bits per heavy atom. The number of rotatable bonds is 3. The molecule has 0 N–H and O–H groups in total. The molecule has 0 atom stereocenters. The van der Waals surface area contributed by atoms with E-state index in [-0.39, 0.29) is 11.6 Å². The van der Waals surface area contributed by atoms with Gasteiger partial charge >= 0.3 is 0 Å². The van der Waals surface area contributed by atoms with Crippen molar-refractivity contribution in [1.29, 1.82) is 0 Å². The number of aryl methyl sites for hydroxylation is 1. The number of hydrogen-bond acceptors (Lipinski definition) is 6. The van der Waals surface area contributed by atoms with Gasteiger partial charge in [-0.15, -0.1) is 0 Å². The van der Waals surface area contributed by atoms with Crippen LogP contribution in [0.2, 0.25) is 0 Å². The van der Waals surface area contributed by atoms with E-state index in [2.05, 4.69) is 0 Å². The summed E-state index contributed by atoms with van der Waals surface area (Å²) in [6.45, 7) is 1.68. The minimum Gasteiger partial charge on any atom is -0.457 e. The lowest BCUT2D eigenvalue weighted by atomic mass is 10.1. The number of nitro groups is 1. The Morgan fingerprint density at radius 2 is 2.08 bits per heavy atom. The second-order valence-electron chi connectivity index (χ2n) is 5.20. The van der Waals surface area contributed by atoms with E-state index in [0.717, 1.165) is 5.56 Å². The molecule has 2 aromatic rings. The predicted molar refractivity (Wildman–Crippen MR) is 96.5 cm³/mol. The van der Waals surface area contributed by atoms with Crippen molar-refractivity contribution in [3.63, 3.8) is 0 Å². The Balaban J connectivity index is 1.89. The summed E-state index contributed by atoms with van der Waals surface area (Å²) in [5.74, 6) is 0.940. The van der Waals surface area contributed by atoms with Crippen LogP contribution in [0.15, 0.2) is 39.7 Å². The third-order valence-corrected chi connectivity index (χ3v) is 5.05. The molecule has 3 rings (SSSR count). The van der Waals surface area contributed by atoms with Gasteiger partial charge in [0.1, 0.15) is 15.8 Å². The van der Waals surface area contributed by atoms with E-state index in [0.29, 0.717) is 26.3 Å². The zero-order valence-corrected chi connectivity index (χ0v) is 14.4. The normalized spacial score (nSPS) is 16.2. The van der Waals surface area contributed by atoms with Crippen LogP contribution in [0.3, 0.4) is 0 Å². The summed E-state index contributed by atoms with van der Waals surface area (Å²) in [6, 6.07) is 8.30. The Labute approximate surface area is 147 Å². The monoisotopic (exact) mass is 360 g/mol. The molecule has 0 unspecified atom stereocenters. The number of nitrogens with zero attached hydrogens (tertiary/aromatic N) is 2. The molecule has 0 saturated carbocycles. The first-order chi connectivity index (χ1) is 11.4. The molecule has 1 aromatic carbocycles. The molecule has 1 fully saturated rings. The molecule has 1 aliphatic heterocycles. The minimum atomic E-state index is -0.417. The van der Waals surface area contributed by atoms with Gasteiger partial charge in [-0.3, -0.25) is 19.8 Å². The molecular formula is C16H12N2O4S2. The number of amides is 1. The van der Waals surface area contributed by atoms with Crippen LogP contribution < -0.4 is 0 Å². The number of carbonyl (C=O) groups excluding carboxylic acids is 1. The van der Waals surface area contributed by atoms with Gasteiger partial charge in [0.25, 0.3) is 11.6 Å². The van der Waals surface area contributed by atoms with E-state index in [9.17, 15) is 14.9 Å². The molecule has 6 nitrogen and oxygen atoms in total. The van der Waals surface area contributed by atoms with Crippen LogP contribution in [-0.2, 0) is 4.79 Å². The first-order valence-electron chi connectivity index (χ1n) is 6.93. The standard InChI is InChI=1S/C16H12N2O4S2/c1-9-7-10(3-5-12(9)18(20)21)13-6-4-11(22-13)8-14-15(19)17(2)16(23)24-14/h3-8H,1-2H3. The number of furan rings is 1. The van der Waals surface area contributed by atoms with E-state index < -0.39 is 4.92 Å². The second kappa shape index (κ2) is 6.21. The SMILES string of the molecule is Cc1cc(-c2ccc(C=C3SC(=S)N(C)C3=O)o2)ccc1[N+](=O)[O-]. The van der Waals surface area contributed by atoms with Gasteiger partial charge < -0.3 is 4.42 Å². The van der Waals surface area contributed by atoms with Crippen LogP contribution in [0.5, 0.6) is 0 Å². The van der Waals surface area contributed by atoms with Crippen molar-refractivity contribution in [3.8, 4) is 11.3 Å². The predicted octanol–water partition coefficient (Wildman–Crippen LogP) is 3.99. The van der Waals surface area contributed by atoms with Crippen LogP contribution in [0.4, 0.5) is 5.69 Å². The third-order valence-electron chi connectivity index (χ3n) is 3.56. The van der Waals surface area contributed by atoms with E-state index in [4.69, 9.17) is 16.6 Å². The fourth-order valence-electron chi connectivity index (χ4n) is 2.27. The quantitative estimate of drug-likeness (QED) is 0.356. The highest BCUT2D eigenvalue weighted by Crippen LogP contribution is 2.33. The second-order valence-corrected chi connectivity index (χ2v) is 6.88. The Morgan fingerprint density at radius 1 is 1.33 bits per heavy atom. The summed E-state index contributed by atoms with van der Waals surface area (Å²) in [7, 11) is 1.63. The lowest BCUT2D eigenvalue weighted by Gasteiger charge is -2.03. The van der Waals surface area contributed by atoms with Crippen LogP contribution in [0, 0.1) is 17.0 Å². The highest BCUT2D eigenvalue weighted by molar-refractivity contribution is 8.26. The van der Waals surface area contributed by atoms with E-state index in [1.54, 1.807) is 44.3 Å². The number of thioether (sulfide) groups is 1. The number of thiocarbonyl (C=S) groups is 1. The molecule has 0 radical (unpaired) electrons. The maximum absolute atomic E-state index is 12.0. The van der Waals surface area contributed by atoms with Crippen molar-refractivity contribution >= 4 is 46.0 Å². The number of nitro benzene ring substituents is 1. The maximum atomic E-state index is 12.0. The average molecular weight is 360 g/mol. The van der Waals surface area contributed by atoms with Crippen molar-refractivity contribution < 1.29 is 14.1 Å². The van der Waals surface area contributed by atoms with Gasteiger partial charge in [0, 0.05) is 30.3 Å². The number of carbonyl (C=O) groups is 1. The first-order valence-corrected chi connectivity index (χ1v) is 8.16. The molecule has 1 aliphatic rings. The van der Waals surface area contributed by atoms with Gasteiger partial charge in [0.15, 0.2) is 0 Å². The number of likely N-dealkylation sites (N-methyl/N-ethyl adjacent to an activating group) is 1. The minimum absolute atomic E-state index is 0.0668. The van der Waals surface area contributed by atoms with E-state index >= 15 is 0 Å². The molecule has 1 saturated heterocycles. The Hall–Kier alpha value is -2.45. The van der Waals surface area contributed by atoms with Gasteiger partial charge in [-0.05, 0) is 31.2 Å². The molecule has 1 aromatic heterocycles. The first kappa shape index (κ1) is 16.4. The molecule has 2 heterocycles. The summed E-state index contributed by atoms with van der Waals surface area (Å²) < 4.78 is 6.24. The van der Waals surface area contributed by atoms with Crippen LogP contribution in [0.25, 0.3) is 17.4 Å². The highest BCUT2D eigenvalue weighted by atomic mass is 32.2. The summed E-state index contributed by atoms with van der Waals surface area (Å²) in [5, 5.41) is 10.9. The molecule has 0 bridgehead atoms. The smallest absolute Gasteiger partial charge is 0.272 e. The van der Waals surface area contributed by atoms with Crippen molar-refractivity contribution in [2.75, 3.05) is 7.05 Å². The zero-order chi connectivity index (χ0) is 17.4. The molecular weight excluding hydrogens is 348 g/mol. The van der Waals surface area contributed by atoms with Gasteiger partial charge in [-0.25, -0.2) is 0 Å². The number of hydrogen-bond donors (Lipinski definition) is 0. The van der Waals surface area contributed by atoms with Crippen LogP contribution >= 0.6 is 24.0 Å². The van der Waals surface area contributed by atoms with Gasteiger partial charge in [0.2, 0.25) is 0 Å². The topological polar surface area (TPSA) is 76.6 Å². The summed E-state index contributed by atoms with van der Waals surface area (Å²) in [5.41, 5.74) is 1.36. The van der Waals surface area contributed by atoms with Crippen molar-refractivity contribution in [3.05, 3.63) is 56.7 Å². The van der Waals surface area contributed by atoms with Crippen molar-refractivity contribution in [2.45, 2.75) is 6.92 Å². The summed E-state index contributed by atoms with van der Waals surface area (Å²) in [4.78, 5) is 24.4. The Kier molecular flexibility index (Phi) is 4.25. The van der Waals surface area contributed by atoms with Gasteiger partial charge in [-0.2, -0.15) is 0 Å². The third kappa shape index (κ3) is 2.98. The fourth-order valence-corrected chi connectivity index (χ4v) is 3.43. The largest absolute Gasteiger partial charge is 0.457 e. The zero-order valence-electron chi connectivity index (χ0n) is 12.8. The highest BCUT2D eigenvalue weighted by Gasteiger charge is 2.29. The molecule has 0 aliphatic carbocycles. The molecule has 0 spiro atoms. The summed E-state index contributed by atoms with van der Waals surface area (Å²) in [6.07, 6.45) is 1.64. The van der Waals surface area contributed by atoms with Crippen LogP contribution in [0.1, 0.15) is 11.3 Å². The Bertz CT molecular complexity index is 901. The number of benzene rings is 1. The molecule has 24 heavy (non-hydrogen) atoms.